The molecule has 5 heteroatoms. The van der Waals surface area contributed by atoms with Gasteiger partial charge < -0.3 is 4.90 Å². The van der Waals surface area contributed by atoms with E-state index in [2.05, 4.69) is 32.9 Å². The van der Waals surface area contributed by atoms with Crippen LogP contribution in [0.4, 0.5) is 5.69 Å². The molecule has 2 fully saturated rings. The monoisotopic (exact) mass is 353 g/mol. The van der Waals surface area contributed by atoms with Crippen molar-refractivity contribution in [3.63, 3.8) is 0 Å². The van der Waals surface area contributed by atoms with Crippen LogP contribution >= 0.6 is 15.9 Å². The van der Waals surface area contributed by atoms with E-state index in [0.717, 1.165) is 36.6 Å². The molecular formula is C16H24BrN3O. The van der Waals surface area contributed by atoms with Crippen LogP contribution in [-0.4, -0.2) is 28.2 Å². The van der Waals surface area contributed by atoms with Crippen molar-refractivity contribution in [3.05, 3.63) is 22.6 Å². The van der Waals surface area contributed by atoms with Crippen LogP contribution < -0.4 is 10.5 Å². The molecule has 0 radical (unpaired) electrons. The third kappa shape index (κ3) is 3.17. The van der Waals surface area contributed by atoms with Gasteiger partial charge >= 0.3 is 0 Å². The lowest BCUT2D eigenvalue weighted by Gasteiger charge is -2.40. The molecular weight excluding hydrogens is 330 g/mol. The van der Waals surface area contributed by atoms with E-state index in [1.807, 2.05) is 6.20 Å². The molecule has 1 aromatic heterocycles. The number of piperidine rings is 1. The molecule has 0 bridgehead atoms. The highest BCUT2D eigenvalue weighted by molar-refractivity contribution is 9.09. The Hall–Kier alpha value is -0.840. The van der Waals surface area contributed by atoms with Gasteiger partial charge in [-0.15, -0.1) is 0 Å². The molecule has 21 heavy (non-hydrogen) atoms. The van der Waals surface area contributed by atoms with Crippen LogP contribution in [0.5, 0.6) is 0 Å². The Balaban J connectivity index is 1.72. The summed E-state index contributed by atoms with van der Waals surface area (Å²) in [5, 5.41) is 5.39. The minimum absolute atomic E-state index is 0.0401. The SMILES string of the molecule is CC1CCN(c2cnn(CC3(CBr)CCC3)c(=O)c2)CC1. The van der Waals surface area contributed by atoms with Crippen LogP contribution in [0.2, 0.25) is 0 Å². The second kappa shape index (κ2) is 6.11. The molecule has 1 saturated carbocycles. The number of nitrogens with zero attached hydrogens (tertiary/aromatic N) is 3. The Morgan fingerprint density at radius 3 is 2.62 bits per heavy atom. The number of hydrogen-bond acceptors (Lipinski definition) is 3. The average Bonchev–Trinajstić information content (AvgIpc) is 2.45. The molecule has 4 nitrogen and oxygen atoms in total. The third-order valence-corrected chi connectivity index (χ3v) is 6.38. The van der Waals surface area contributed by atoms with Crippen molar-refractivity contribution in [1.29, 1.82) is 0 Å². The zero-order valence-corrected chi connectivity index (χ0v) is 14.3. The zero-order valence-electron chi connectivity index (χ0n) is 12.7. The van der Waals surface area contributed by atoms with Crippen molar-refractivity contribution >= 4 is 21.6 Å². The fourth-order valence-corrected chi connectivity index (χ4v) is 4.05. The summed E-state index contributed by atoms with van der Waals surface area (Å²) in [7, 11) is 0. The normalized spacial score (nSPS) is 22.1. The predicted molar refractivity (Wildman–Crippen MR) is 89.2 cm³/mol. The molecule has 0 unspecified atom stereocenters. The van der Waals surface area contributed by atoms with Crippen LogP contribution in [0, 0.1) is 11.3 Å². The average molecular weight is 354 g/mol. The van der Waals surface area contributed by atoms with Crippen molar-refractivity contribution in [2.24, 2.45) is 11.3 Å². The first kappa shape index (κ1) is 15.1. The van der Waals surface area contributed by atoms with Crippen molar-refractivity contribution in [1.82, 2.24) is 9.78 Å². The number of alkyl halides is 1. The first-order valence-corrected chi connectivity index (χ1v) is 9.12. The molecule has 0 amide bonds. The number of anilines is 1. The van der Waals surface area contributed by atoms with Gasteiger partial charge in [0.15, 0.2) is 0 Å². The largest absolute Gasteiger partial charge is 0.370 e. The van der Waals surface area contributed by atoms with Crippen molar-refractivity contribution in [2.45, 2.75) is 45.6 Å². The molecule has 1 aliphatic heterocycles. The summed E-state index contributed by atoms with van der Waals surface area (Å²) in [5.41, 5.74) is 1.28. The van der Waals surface area contributed by atoms with Gasteiger partial charge in [0.25, 0.3) is 5.56 Å². The number of hydrogen-bond donors (Lipinski definition) is 0. The molecule has 2 aliphatic rings. The molecule has 3 rings (SSSR count). The quantitative estimate of drug-likeness (QED) is 0.780. The predicted octanol–water partition coefficient (Wildman–Crippen LogP) is 3.04. The minimum atomic E-state index is 0.0401. The Kier molecular flexibility index (Phi) is 4.38. The summed E-state index contributed by atoms with van der Waals surface area (Å²) in [5.74, 6) is 0.798. The minimum Gasteiger partial charge on any atom is -0.370 e. The molecule has 2 heterocycles. The summed E-state index contributed by atoms with van der Waals surface area (Å²) in [6, 6.07) is 1.77. The van der Waals surface area contributed by atoms with E-state index in [-0.39, 0.29) is 11.0 Å². The highest BCUT2D eigenvalue weighted by Crippen LogP contribution is 2.43. The van der Waals surface area contributed by atoms with Gasteiger partial charge in [-0.3, -0.25) is 4.79 Å². The number of rotatable bonds is 4. The van der Waals surface area contributed by atoms with Crippen LogP contribution in [0.25, 0.3) is 0 Å². The maximum absolute atomic E-state index is 12.3. The maximum Gasteiger partial charge on any atom is 0.268 e. The topological polar surface area (TPSA) is 38.1 Å². The van der Waals surface area contributed by atoms with Gasteiger partial charge in [0.05, 0.1) is 18.4 Å². The molecule has 0 spiro atoms. The Morgan fingerprint density at radius 1 is 1.38 bits per heavy atom. The summed E-state index contributed by atoms with van der Waals surface area (Å²) in [4.78, 5) is 14.6. The lowest BCUT2D eigenvalue weighted by molar-refractivity contribution is 0.131. The second-order valence-corrected chi connectivity index (χ2v) is 7.43. The van der Waals surface area contributed by atoms with E-state index in [1.54, 1.807) is 10.7 Å². The summed E-state index contributed by atoms with van der Waals surface area (Å²) in [6.07, 6.45) is 7.93. The molecule has 1 aromatic rings. The van der Waals surface area contributed by atoms with Crippen molar-refractivity contribution in [2.75, 3.05) is 23.3 Å². The fraction of sp³-hybridized carbons (Fsp3) is 0.750. The first-order valence-electron chi connectivity index (χ1n) is 8.00. The maximum atomic E-state index is 12.3. The molecule has 1 saturated heterocycles. The van der Waals surface area contributed by atoms with Crippen LogP contribution in [0.15, 0.2) is 17.1 Å². The Bertz CT molecular complexity index is 539. The lowest BCUT2D eigenvalue weighted by atomic mass is 9.70. The Morgan fingerprint density at radius 2 is 2.10 bits per heavy atom. The molecule has 0 aromatic carbocycles. The van der Waals surface area contributed by atoms with E-state index in [9.17, 15) is 4.79 Å². The Labute approximate surface area is 134 Å². The van der Waals surface area contributed by atoms with E-state index in [1.165, 1.54) is 32.1 Å². The van der Waals surface area contributed by atoms with Crippen LogP contribution in [-0.2, 0) is 6.54 Å². The van der Waals surface area contributed by atoms with Gasteiger partial charge in [-0.1, -0.05) is 29.3 Å². The number of halogens is 1. The summed E-state index contributed by atoms with van der Waals surface area (Å²) >= 11 is 3.60. The molecule has 116 valence electrons. The summed E-state index contributed by atoms with van der Waals surface area (Å²) in [6.45, 7) is 5.12. The molecule has 0 atom stereocenters. The van der Waals surface area contributed by atoms with Gasteiger partial charge in [-0.2, -0.15) is 5.10 Å². The van der Waals surface area contributed by atoms with Gasteiger partial charge in [-0.05, 0) is 37.0 Å². The standard InChI is InChI=1S/C16H24BrN3O/c1-13-3-7-19(8-4-13)14-9-15(21)20(18-10-14)12-16(11-17)5-2-6-16/h9-10,13H,2-8,11-12H2,1H3. The smallest absolute Gasteiger partial charge is 0.268 e. The zero-order chi connectivity index (χ0) is 14.9. The van der Waals surface area contributed by atoms with Crippen molar-refractivity contribution in [3.8, 4) is 0 Å². The second-order valence-electron chi connectivity index (χ2n) is 6.87. The van der Waals surface area contributed by atoms with E-state index >= 15 is 0 Å². The van der Waals surface area contributed by atoms with Crippen molar-refractivity contribution < 1.29 is 0 Å². The van der Waals surface area contributed by atoms with Crippen LogP contribution in [0.3, 0.4) is 0 Å². The lowest BCUT2D eigenvalue weighted by Crippen LogP contribution is -2.40. The van der Waals surface area contributed by atoms with E-state index in [4.69, 9.17) is 0 Å². The van der Waals surface area contributed by atoms with Gasteiger partial charge in [0.1, 0.15) is 0 Å². The fourth-order valence-electron chi connectivity index (χ4n) is 3.31. The third-order valence-electron chi connectivity index (χ3n) is 5.19. The highest BCUT2D eigenvalue weighted by atomic mass is 79.9. The summed E-state index contributed by atoms with van der Waals surface area (Å²) < 4.78 is 1.65. The van der Waals surface area contributed by atoms with Gasteiger partial charge in [0.2, 0.25) is 0 Å². The molecule has 1 aliphatic carbocycles. The van der Waals surface area contributed by atoms with Gasteiger partial charge in [-0.25, -0.2) is 4.68 Å². The van der Waals surface area contributed by atoms with E-state index < -0.39 is 0 Å². The number of aromatic nitrogens is 2. The van der Waals surface area contributed by atoms with Crippen LogP contribution in [0.1, 0.15) is 39.0 Å². The van der Waals surface area contributed by atoms with E-state index in [0.29, 0.717) is 0 Å². The highest BCUT2D eigenvalue weighted by Gasteiger charge is 2.36. The molecule has 0 N–H and O–H groups in total. The van der Waals surface area contributed by atoms with Gasteiger partial charge in [0, 0.05) is 24.5 Å². The first-order chi connectivity index (χ1) is 10.1.